The summed E-state index contributed by atoms with van der Waals surface area (Å²) in [5.41, 5.74) is 3.60. The molecule has 8 heteroatoms. The monoisotopic (exact) mass is 536 g/mol. The van der Waals surface area contributed by atoms with Gasteiger partial charge in [-0.05, 0) is 90.0 Å². The second-order valence-electron chi connectivity index (χ2n) is 7.85. The summed E-state index contributed by atoms with van der Waals surface area (Å²) >= 11 is 8.93. The van der Waals surface area contributed by atoms with Crippen molar-refractivity contribution in [1.82, 2.24) is 0 Å². The lowest BCUT2D eigenvalue weighted by Gasteiger charge is -2.36. The summed E-state index contributed by atoms with van der Waals surface area (Å²) in [5, 5.41) is 10.2. The van der Waals surface area contributed by atoms with Gasteiger partial charge in [0.2, 0.25) is 0 Å². The van der Waals surface area contributed by atoms with Crippen LogP contribution in [0, 0.1) is 13.8 Å². The third-order valence-electron chi connectivity index (χ3n) is 5.42. The van der Waals surface area contributed by atoms with E-state index in [2.05, 4.69) is 15.9 Å². The number of aryl methyl sites for hydroxylation is 2. The number of hydrogen-bond acceptors (Lipinski definition) is 5. The second kappa shape index (κ2) is 9.40. The molecule has 3 aromatic rings. The Labute approximate surface area is 211 Å². The Bertz CT molecular complexity index is 1260. The van der Waals surface area contributed by atoms with Gasteiger partial charge in [-0.25, -0.2) is 0 Å². The summed E-state index contributed by atoms with van der Waals surface area (Å²) in [6, 6.07) is 17.8. The number of phenols is 1. The summed E-state index contributed by atoms with van der Waals surface area (Å²) in [6.07, 6.45) is 1.47. The molecule has 6 nitrogen and oxygen atoms in total. The van der Waals surface area contributed by atoms with Crippen LogP contribution in [0.4, 0.5) is 11.4 Å². The van der Waals surface area contributed by atoms with Crippen molar-refractivity contribution >= 4 is 62.5 Å². The van der Waals surface area contributed by atoms with Gasteiger partial charge in [0.15, 0.2) is 16.6 Å². The van der Waals surface area contributed by atoms with Crippen molar-refractivity contribution in [2.45, 2.75) is 13.8 Å². The Kier molecular flexibility index (Phi) is 6.54. The van der Waals surface area contributed by atoms with Crippen LogP contribution in [0.1, 0.15) is 16.7 Å². The third kappa shape index (κ3) is 4.34. The van der Waals surface area contributed by atoms with Crippen LogP contribution in [0.3, 0.4) is 0 Å². The molecule has 0 spiro atoms. The zero-order chi connectivity index (χ0) is 24.6. The van der Waals surface area contributed by atoms with Gasteiger partial charge < -0.3 is 9.84 Å². The number of carbonyl (C=O) groups is 2. The van der Waals surface area contributed by atoms with Crippen LogP contribution < -0.4 is 14.5 Å². The zero-order valence-electron chi connectivity index (χ0n) is 18.7. The SMILES string of the molecule is COc1cc(C=C2C(=O)N(c3ccc(C)cc3)C(=S)N(c3ccc(C)cc3)C2=O)cc(Br)c1O. The summed E-state index contributed by atoms with van der Waals surface area (Å²) in [7, 11) is 1.42. The number of rotatable bonds is 4. The molecular formula is C26H21BrN2O4S. The van der Waals surface area contributed by atoms with Crippen molar-refractivity contribution in [2.75, 3.05) is 16.9 Å². The molecule has 0 saturated carbocycles. The van der Waals surface area contributed by atoms with E-state index in [4.69, 9.17) is 17.0 Å². The van der Waals surface area contributed by atoms with Crippen molar-refractivity contribution < 1.29 is 19.4 Å². The van der Waals surface area contributed by atoms with Crippen molar-refractivity contribution in [3.63, 3.8) is 0 Å². The fourth-order valence-electron chi connectivity index (χ4n) is 3.57. The normalized spacial score (nSPS) is 14.0. The van der Waals surface area contributed by atoms with Crippen LogP contribution in [-0.2, 0) is 9.59 Å². The summed E-state index contributed by atoms with van der Waals surface area (Å²) in [4.78, 5) is 29.9. The highest BCUT2D eigenvalue weighted by Gasteiger charge is 2.41. The minimum atomic E-state index is -0.537. The van der Waals surface area contributed by atoms with E-state index in [1.165, 1.54) is 23.0 Å². The molecule has 3 aromatic carbocycles. The minimum Gasteiger partial charge on any atom is -0.503 e. The Morgan fingerprint density at radius 1 is 0.882 bits per heavy atom. The Morgan fingerprint density at radius 3 is 1.79 bits per heavy atom. The lowest BCUT2D eigenvalue weighted by atomic mass is 10.0. The van der Waals surface area contributed by atoms with Gasteiger partial charge in [0.1, 0.15) is 5.57 Å². The molecule has 4 rings (SSSR count). The van der Waals surface area contributed by atoms with Gasteiger partial charge in [0.05, 0.1) is 23.0 Å². The van der Waals surface area contributed by atoms with E-state index in [1.807, 2.05) is 38.1 Å². The largest absolute Gasteiger partial charge is 0.503 e. The molecule has 1 aliphatic rings. The Balaban J connectivity index is 1.89. The van der Waals surface area contributed by atoms with Gasteiger partial charge >= 0.3 is 0 Å². The number of methoxy groups -OCH3 is 1. The van der Waals surface area contributed by atoms with Gasteiger partial charge in [-0.2, -0.15) is 0 Å². The maximum atomic E-state index is 13.6. The van der Waals surface area contributed by atoms with Crippen LogP contribution in [0.15, 0.2) is 70.7 Å². The molecule has 172 valence electrons. The zero-order valence-corrected chi connectivity index (χ0v) is 21.1. The number of carbonyl (C=O) groups excluding carboxylic acids is 2. The van der Waals surface area contributed by atoms with E-state index in [1.54, 1.807) is 36.4 Å². The van der Waals surface area contributed by atoms with Crippen molar-refractivity contribution in [3.8, 4) is 11.5 Å². The first kappa shape index (κ1) is 23.7. The number of hydrogen-bond donors (Lipinski definition) is 1. The smallest absolute Gasteiger partial charge is 0.270 e. The maximum absolute atomic E-state index is 13.6. The number of phenolic OH excluding ortho intramolecular Hbond substituents is 1. The van der Waals surface area contributed by atoms with E-state index >= 15 is 0 Å². The van der Waals surface area contributed by atoms with E-state index in [9.17, 15) is 14.7 Å². The van der Waals surface area contributed by atoms with Gasteiger partial charge in [-0.3, -0.25) is 19.4 Å². The number of nitrogens with zero attached hydrogens (tertiary/aromatic N) is 2. The second-order valence-corrected chi connectivity index (χ2v) is 9.07. The van der Waals surface area contributed by atoms with Crippen LogP contribution >= 0.6 is 28.1 Å². The predicted octanol–water partition coefficient (Wildman–Crippen LogP) is 5.53. The first-order chi connectivity index (χ1) is 16.2. The quantitative estimate of drug-likeness (QED) is 0.269. The number of thiocarbonyl (C=S) groups is 1. The first-order valence-electron chi connectivity index (χ1n) is 10.4. The molecule has 1 fully saturated rings. The molecule has 0 aliphatic carbocycles. The van der Waals surface area contributed by atoms with Gasteiger partial charge in [-0.15, -0.1) is 0 Å². The molecule has 0 radical (unpaired) electrons. The molecule has 1 saturated heterocycles. The van der Waals surface area contributed by atoms with E-state index in [0.717, 1.165) is 11.1 Å². The standard InChI is InChI=1S/C26H21BrN2O4S/c1-15-4-8-18(9-5-15)28-24(31)20(12-17-13-21(27)23(30)22(14-17)33-3)25(32)29(26(28)34)19-10-6-16(2)7-11-19/h4-14,30H,1-3H3. The first-order valence-corrected chi connectivity index (χ1v) is 11.6. The van der Waals surface area contributed by atoms with E-state index < -0.39 is 11.8 Å². The molecule has 1 heterocycles. The summed E-state index contributed by atoms with van der Waals surface area (Å²) < 4.78 is 5.58. The molecule has 0 unspecified atom stereocenters. The molecule has 0 atom stereocenters. The fraction of sp³-hybridized carbons (Fsp3) is 0.115. The van der Waals surface area contributed by atoms with E-state index in [0.29, 0.717) is 21.4 Å². The minimum absolute atomic E-state index is 0.0734. The topological polar surface area (TPSA) is 70.1 Å². The number of halogens is 1. The van der Waals surface area contributed by atoms with Crippen molar-refractivity contribution in [2.24, 2.45) is 0 Å². The summed E-state index contributed by atoms with van der Waals surface area (Å²) in [5.74, 6) is -0.941. The fourth-order valence-corrected chi connectivity index (χ4v) is 4.41. The number of ether oxygens (including phenoxy) is 1. The van der Waals surface area contributed by atoms with Crippen LogP contribution in [-0.4, -0.2) is 29.1 Å². The third-order valence-corrected chi connectivity index (χ3v) is 6.39. The molecule has 0 aromatic heterocycles. The average molecular weight is 537 g/mol. The van der Waals surface area contributed by atoms with Gasteiger partial charge in [0, 0.05) is 0 Å². The molecule has 0 bridgehead atoms. The molecular weight excluding hydrogens is 516 g/mol. The van der Waals surface area contributed by atoms with Crippen LogP contribution in [0.5, 0.6) is 11.5 Å². The number of amides is 2. The van der Waals surface area contributed by atoms with E-state index in [-0.39, 0.29) is 22.2 Å². The molecule has 1 N–H and O–H groups in total. The Hall–Kier alpha value is -3.49. The predicted molar refractivity (Wildman–Crippen MR) is 140 cm³/mol. The summed E-state index contributed by atoms with van der Waals surface area (Å²) in [6.45, 7) is 3.90. The van der Waals surface area contributed by atoms with Crippen LogP contribution in [0.25, 0.3) is 6.08 Å². The van der Waals surface area contributed by atoms with Crippen molar-refractivity contribution in [1.29, 1.82) is 0 Å². The highest BCUT2D eigenvalue weighted by atomic mass is 79.9. The Morgan fingerprint density at radius 2 is 1.35 bits per heavy atom. The molecule has 34 heavy (non-hydrogen) atoms. The van der Waals surface area contributed by atoms with Crippen molar-refractivity contribution in [3.05, 3.63) is 87.4 Å². The highest BCUT2D eigenvalue weighted by molar-refractivity contribution is 9.10. The molecule has 1 aliphatic heterocycles. The number of anilines is 2. The van der Waals surface area contributed by atoms with Crippen LogP contribution in [0.2, 0.25) is 0 Å². The maximum Gasteiger partial charge on any atom is 0.270 e. The number of aromatic hydroxyl groups is 1. The lowest BCUT2D eigenvalue weighted by molar-refractivity contribution is -0.120. The average Bonchev–Trinajstić information content (AvgIpc) is 2.81. The molecule has 2 amide bonds. The number of benzene rings is 3. The lowest BCUT2D eigenvalue weighted by Crippen LogP contribution is -2.56. The van der Waals surface area contributed by atoms with Gasteiger partial charge in [-0.1, -0.05) is 35.4 Å². The van der Waals surface area contributed by atoms with Gasteiger partial charge in [0.25, 0.3) is 11.8 Å². The highest BCUT2D eigenvalue weighted by Crippen LogP contribution is 2.37.